The highest BCUT2D eigenvalue weighted by atomic mass is 79.9. The molecule has 1 aromatic rings. The van der Waals surface area contributed by atoms with Crippen LogP contribution in [0.1, 0.15) is 11.7 Å². The Morgan fingerprint density at radius 1 is 1.29 bits per heavy atom. The van der Waals surface area contributed by atoms with Crippen LogP contribution in [0, 0.1) is 5.82 Å². The van der Waals surface area contributed by atoms with Crippen molar-refractivity contribution in [1.82, 2.24) is 0 Å². The van der Waals surface area contributed by atoms with Gasteiger partial charge < -0.3 is 5.11 Å². The van der Waals surface area contributed by atoms with Crippen molar-refractivity contribution < 1.29 is 22.7 Å². The molecule has 0 bridgehead atoms. The summed E-state index contributed by atoms with van der Waals surface area (Å²) in [6.45, 7) is 0. The molecule has 0 aliphatic rings. The molecule has 1 nitrogen and oxygen atoms in total. The van der Waals surface area contributed by atoms with E-state index < -0.39 is 23.7 Å². The zero-order valence-corrected chi connectivity index (χ0v) is 8.23. The lowest BCUT2D eigenvalue weighted by atomic mass is 10.1. The maximum absolute atomic E-state index is 12.8. The van der Waals surface area contributed by atoms with Crippen LogP contribution in [0.25, 0.3) is 0 Å². The lowest BCUT2D eigenvalue weighted by Gasteiger charge is -2.16. The fraction of sp³-hybridized carbons (Fsp3) is 0.250. The number of benzene rings is 1. The van der Waals surface area contributed by atoms with Gasteiger partial charge in [0.05, 0.1) is 4.47 Å². The average molecular weight is 273 g/mol. The van der Waals surface area contributed by atoms with Gasteiger partial charge in [0.2, 0.25) is 0 Å². The van der Waals surface area contributed by atoms with Crippen LogP contribution in [-0.4, -0.2) is 11.3 Å². The normalized spacial score (nSPS) is 14.1. The van der Waals surface area contributed by atoms with Crippen molar-refractivity contribution in [2.45, 2.75) is 12.3 Å². The summed E-state index contributed by atoms with van der Waals surface area (Å²) < 4.78 is 48.6. The molecule has 0 unspecified atom stereocenters. The summed E-state index contributed by atoms with van der Waals surface area (Å²) in [7, 11) is 0. The number of aliphatic hydroxyl groups excluding tert-OH is 1. The third kappa shape index (κ3) is 2.24. The van der Waals surface area contributed by atoms with Gasteiger partial charge in [0.1, 0.15) is 5.82 Å². The first-order chi connectivity index (χ1) is 6.34. The Morgan fingerprint density at radius 3 is 2.36 bits per heavy atom. The summed E-state index contributed by atoms with van der Waals surface area (Å²) in [5, 5.41) is 8.84. The molecule has 0 amide bonds. The Balaban J connectivity index is 3.14. The average Bonchev–Trinajstić information content (AvgIpc) is 2.07. The van der Waals surface area contributed by atoms with Crippen LogP contribution >= 0.6 is 15.9 Å². The molecule has 6 heteroatoms. The Kier molecular flexibility index (Phi) is 3.16. The summed E-state index contributed by atoms with van der Waals surface area (Å²) in [6.07, 6.45) is -7.47. The van der Waals surface area contributed by atoms with E-state index in [1.165, 1.54) is 0 Å². The van der Waals surface area contributed by atoms with E-state index in [1.54, 1.807) is 0 Å². The van der Waals surface area contributed by atoms with Crippen LogP contribution in [0.2, 0.25) is 0 Å². The van der Waals surface area contributed by atoms with E-state index in [1.807, 2.05) is 0 Å². The SMILES string of the molecule is O[C@H](c1cccc(F)c1Br)C(F)(F)F. The maximum atomic E-state index is 12.8. The summed E-state index contributed by atoms with van der Waals surface area (Å²) in [4.78, 5) is 0. The van der Waals surface area contributed by atoms with Crippen molar-refractivity contribution in [2.24, 2.45) is 0 Å². The lowest BCUT2D eigenvalue weighted by molar-refractivity contribution is -0.207. The molecule has 78 valence electrons. The molecule has 0 radical (unpaired) electrons. The van der Waals surface area contributed by atoms with Gasteiger partial charge in [-0.25, -0.2) is 4.39 Å². The quantitative estimate of drug-likeness (QED) is 0.779. The summed E-state index contributed by atoms with van der Waals surface area (Å²) in [5.41, 5.74) is -0.530. The number of aliphatic hydroxyl groups is 1. The molecule has 0 fully saturated rings. The second-order valence-electron chi connectivity index (χ2n) is 2.59. The van der Waals surface area contributed by atoms with Gasteiger partial charge in [-0.1, -0.05) is 12.1 Å². The summed E-state index contributed by atoms with van der Waals surface area (Å²) >= 11 is 2.64. The zero-order valence-electron chi connectivity index (χ0n) is 6.65. The van der Waals surface area contributed by atoms with Crippen LogP contribution in [0.3, 0.4) is 0 Å². The summed E-state index contributed by atoms with van der Waals surface area (Å²) in [6, 6.07) is 3.10. The van der Waals surface area contributed by atoms with Crippen LogP contribution in [0.4, 0.5) is 17.6 Å². The van der Waals surface area contributed by atoms with Gasteiger partial charge in [-0.3, -0.25) is 0 Å². The molecule has 14 heavy (non-hydrogen) atoms. The molecule has 1 rings (SSSR count). The summed E-state index contributed by atoms with van der Waals surface area (Å²) in [5.74, 6) is -0.842. The van der Waals surface area contributed by atoms with E-state index in [0.717, 1.165) is 18.2 Å². The standard InChI is InChI=1S/C8H5BrF4O/c9-6-4(2-1-3-5(6)10)7(14)8(11,12)13/h1-3,7,14H/t7-/m1/s1. The Hall–Kier alpha value is -0.620. The molecule has 0 heterocycles. The second kappa shape index (κ2) is 3.86. The fourth-order valence-corrected chi connectivity index (χ4v) is 1.39. The van der Waals surface area contributed by atoms with Crippen molar-refractivity contribution in [3.63, 3.8) is 0 Å². The van der Waals surface area contributed by atoms with E-state index >= 15 is 0 Å². The number of hydrogen-bond donors (Lipinski definition) is 1. The van der Waals surface area contributed by atoms with Crippen molar-refractivity contribution in [3.05, 3.63) is 34.1 Å². The van der Waals surface area contributed by atoms with Gasteiger partial charge in [0.15, 0.2) is 6.10 Å². The smallest absolute Gasteiger partial charge is 0.379 e. The molecule has 1 atom stereocenters. The van der Waals surface area contributed by atoms with E-state index in [0.29, 0.717) is 0 Å². The highest BCUT2D eigenvalue weighted by Crippen LogP contribution is 2.36. The first-order valence-electron chi connectivity index (χ1n) is 3.52. The zero-order chi connectivity index (χ0) is 10.9. The largest absolute Gasteiger partial charge is 0.418 e. The third-order valence-electron chi connectivity index (χ3n) is 1.59. The molecule has 0 saturated carbocycles. The first-order valence-corrected chi connectivity index (χ1v) is 4.32. The van der Waals surface area contributed by atoms with Crippen molar-refractivity contribution >= 4 is 15.9 Å². The number of hydrogen-bond acceptors (Lipinski definition) is 1. The predicted octanol–water partition coefficient (Wildman–Crippen LogP) is 3.18. The first kappa shape index (κ1) is 11.5. The van der Waals surface area contributed by atoms with E-state index in [4.69, 9.17) is 5.11 Å². The molecular weight excluding hydrogens is 268 g/mol. The number of halogens is 5. The topological polar surface area (TPSA) is 20.2 Å². The highest BCUT2D eigenvalue weighted by Gasteiger charge is 2.40. The molecule has 0 saturated heterocycles. The van der Waals surface area contributed by atoms with E-state index in [-0.39, 0.29) is 4.47 Å². The third-order valence-corrected chi connectivity index (χ3v) is 2.42. The van der Waals surface area contributed by atoms with Gasteiger partial charge in [-0.05, 0) is 22.0 Å². The van der Waals surface area contributed by atoms with Crippen LogP contribution in [-0.2, 0) is 0 Å². The number of alkyl halides is 3. The van der Waals surface area contributed by atoms with Crippen molar-refractivity contribution in [2.75, 3.05) is 0 Å². The van der Waals surface area contributed by atoms with Gasteiger partial charge >= 0.3 is 6.18 Å². The fourth-order valence-electron chi connectivity index (χ4n) is 0.908. The van der Waals surface area contributed by atoms with Crippen LogP contribution in [0.5, 0.6) is 0 Å². The monoisotopic (exact) mass is 272 g/mol. The maximum Gasteiger partial charge on any atom is 0.418 e. The molecule has 0 aliphatic heterocycles. The molecule has 1 N–H and O–H groups in total. The predicted molar refractivity (Wildman–Crippen MR) is 45.1 cm³/mol. The van der Waals surface area contributed by atoms with E-state index in [2.05, 4.69) is 15.9 Å². The minimum atomic E-state index is -4.80. The second-order valence-corrected chi connectivity index (χ2v) is 3.38. The molecule has 1 aromatic carbocycles. The van der Waals surface area contributed by atoms with Crippen LogP contribution in [0.15, 0.2) is 22.7 Å². The molecule has 0 aromatic heterocycles. The Labute approximate surface area is 85.5 Å². The number of rotatable bonds is 1. The van der Waals surface area contributed by atoms with Crippen molar-refractivity contribution in [3.8, 4) is 0 Å². The Bertz CT molecular complexity index is 337. The van der Waals surface area contributed by atoms with Gasteiger partial charge in [-0.2, -0.15) is 13.2 Å². The lowest BCUT2D eigenvalue weighted by Crippen LogP contribution is -2.20. The minimum Gasteiger partial charge on any atom is -0.379 e. The van der Waals surface area contributed by atoms with Crippen LogP contribution < -0.4 is 0 Å². The molecule has 0 aliphatic carbocycles. The highest BCUT2D eigenvalue weighted by molar-refractivity contribution is 9.10. The minimum absolute atomic E-state index is 0.371. The van der Waals surface area contributed by atoms with Gasteiger partial charge in [0, 0.05) is 5.56 Å². The molecular formula is C8H5BrF4O. The van der Waals surface area contributed by atoms with Gasteiger partial charge in [-0.15, -0.1) is 0 Å². The van der Waals surface area contributed by atoms with Crippen molar-refractivity contribution in [1.29, 1.82) is 0 Å². The Morgan fingerprint density at radius 2 is 1.86 bits per heavy atom. The van der Waals surface area contributed by atoms with E-state index in [9.17, 15) is 17.6 Å². The molecule has 0 spiro atoms. The van der Waals surface area contributed by atoms with Gasteiger partial charge in [0.25, 0.3) is 0 Å².